The molecule has 4 rings (SSSR count). The number of carbonyl (C=O) groups excluding carboxylic acids is 2. The van der Waals surface area contributed by atoms with Gasteiger partial charge < -0.3 is 10.2 Å². The maximum absolute atomic E-state index is 13.7. The highest BCUT2D eigenvalue weighted by atomic mass is 19.1. The minimum absolute atomic E-state index is 0.0446. The number of hydrogen-bond donors (Lipinski definition) is 1. The van der Waals surface area contributed by atoms with Crippen molar-refractivity contribution in [1.29, 1.82) is 0 Å². The Hall–Kier alpha value is -2.76. The molecule has 0 unspecified atom stereocenters. The number of nitrogens with zero attached hydrogens (tertiary/aromatic N) is 1. The van der Waals surface area contributed by atoms with Gasteiger partial charge in [0.1, 0.15) is 11.6 Å². The normalized spacial score (nSPS) is 21.4. The predicted molar refractivity (Wildman–Crippen MR) is 109 cm³/mol. The highest BCUT2D eigenvalue weighted by Gasteiger charge is 2.41. The van der Waals surface area contributed by atoms with E-state index < -0.39 is 0 Å². The standard InChI is InChI=1S/C24H26F2N2O2/c1-15-11-18(7-9-21(15)26)22-10-8-19(14-28(22)24(30)17-5-6-17)23(29)27-13-16-3-2-4-20(25)12-16/h2-4,7,9,11-12,17,19,22H,5-6,8,10,13-14H2,1H3,(H,27,29)/t19-,22-/m0/s1. The van der Waals surface area contributed by atoms with Crippen molar-refractivity contribution >= 4 is 11.8 Å². The van der Waals surface area contributed by atoms with Gasteiger partial charge in [-0.2, -0.15) is 0 Å². The van der Waals surface area contributed by atoms with Crippen LogP contribution >= 0.6 is 0 Å². The van der Waals surface area contributed by atoms with E-state index in [1.807, 2.05) is 4.90 Å². The van der Waals surface area contributed by atoms with Crippen LogP contribution in [0.1, 0.15) is 48.4 Å². The van der Waals surface area contributed by atoms with Crippen molar-refractivity contribution in [3.8, 4) is 0 Å². The van der Waals surface area contributed by atoms with E-state index >= 15 is 0 Å². The topological polar surface area (TPSA) is 49.4 Å². The third-order valence-corrected chi connectivity index (χ3v) is 6.08. The molecule has 1 aliphatic carbocycles. The number of likely N-dealkylation sites (tertiary alicyclic amines) is 1. The molecule has 2 aliphatic rings. The van der Waals surface area contributed by atoms with Gasteiger partial charge in [-0.25, -0.2) is 8.78 Å². The highest BCUT2D eigenvalue weighted by Crippen LogP contribution is 2.39. The minimum Gasteiger partial charge on any atom is -0.352 e. The van der Waals surface area contributed by atoms with Crippen LogP contribution < -0.4 is 5.32 Å². The van der Waals surface area contributed by atoms with Crippen LogP contribution in [0.5, 0.6) is 0 Å². The first-order valence-electron chi connectivity index (χ1n) is 10.5. The van der Waals surface area contributed by atoms with Crippen molar-refractivity contribution in [2.45, 2.75) is 45.2 Å². The van der Waals surface area contributed by atoms with E-state index in [1.165, 1.54) is 18.2 Å². The number of piperidine rings is 1. The Morgan fingerprint density at radius 1 is 1.03 bits per heavy atom. The number of amides is 2. The number of hydrogen-bond acceptors (Lipinski definition) is 2. The molecular formula is C24H26F2N2O2. The fourth-order valence-corrected chi connectivity index (χ4v) is 4.20. The van der Waals surface area contributed by atoms with Crippen LogP contribution in [0.2, 0.25) is 0 Å². The zero-order valence-corrected chi connectivity index (χ0v) is 17.0. The Morgan fingerprint density at radius 2 is 1.80 bits per heavy atom. The molecule has 1 heterocycles. The zero-order valence-electron chi connectivity index (χ0n) is 17.0. The van der Waals surface area contributed by atoms with Gasteiger partial charge in [0.05, 0.1) is 12.0 Å². The zero-order chi connectivity index (χ0) is 21.3. The quantitative estimate of drug-likeness (QED) is 0.797. The van der Waals surface area contributed by atoms with Crippen LogP contribution in [0.15, 0.2) is 42.5 Å². The van der Waals surface area contributed by atoms with E-state index in [-0.39, 0.29) is 47.9 Å². The lowest BCUT2D eigenvalue weighted by atomic mass is 9.87. The molecule has 1 saturated heterocycles. The first kappa shape index (κ1) is 20.5. The van der Waals surface area contributed by atoms with Gasteiger partial charge in [-0.15, -0.1) is 0 Å². The van der Waals surface area contributed by atoms with E-state index in [9.17, 15) is 18.4 Å². The molecule has 1 saturated carbocycles. The fraction of sp³-hybridized carbons (Fsp3) is 0.417. The monoisotopic (exact) mass is 412 g/mol. The van der Waals surface area contributed by atoms with Crippen molar-refractivity contribution in [1.82, 2.24) is 10.2 Å². The van der Waals surface area contributed by atoms with Crippen LogP contribution in [0.4, 0.5) is 8.78 Å². The molecule has 1 N–H and O–H groups in total. The summed E-state index contributed by atoms with van der Waals surface area (Å²) in [6.07, 6.45) is 3.08. The maximum atomic E-state index is 13.7. The summed E-state index contributed by atoms with van der Waals surface area (Å²) in [5.41, 5.74) is 2.17. The maximum Gasteiger partial charge on any atom is 0.226 e. The third kappa shape index (κ3) is 4.53. The molecule has 30 heavy (non-hydrogen) atoms. The second-order valence-corrected chi connectivity index (χ2v) is 8.41. The lowest BCUT2D eigenvalue weighted by molar-refractivity contribution is -0.140. The Balaban J connectivity index is 1.46. The number of nitrogens with one attached hydrogen (secondary N) is 1. The largest absolute Gasteiger partial charge is 0.352 e. The van der Waals surface area contributed by atoms with Gasteiger partial charge in [0.25, 0.3) is 0 Å². The molecule has 4 nitrogen and oxygen atoms in total. The van der Waals surface area contributed by atoms with E-state index in [0.29, 0.717) is 30.5 Å². The molecule has 0 aromatic heterocycles. The summed E-state index contributed by atoms with van der Waals surface area (Å²) in [6.45, 7) is 2.33. The average Bonchev–Trinajstić information content (AvgIpc) is 3.58. The van der Waals surface area contributed by atoms with Gasteiger partial charge in [-0.3, -0.25) is 9.59 Å². The van der Waals surface area contributed by atoms with Gasteiger partial charge in [0.2, 0.25) is 11.8 Å². The first-order chi connectivity index (χ1) is 14.4. The van der Waals surface area contributed by atoms with Gasteiger partial charge in [0.15, 0.2) is 0 Å². The minimum atomic E-state index is -0.335. The Kier molecular flexibility index (Phi) is 5.84. The Labute approximate surface area is 175 Å². The summed E-state index contributed by atoms with van der Waals surface area (Å²) < 4.78 is 27.1. The second kappa shape index (κ2) is 8.54. The SMILES string of the molecule is Cc1cc([C@@H]2CC[C@H](C(=O)NCc3cccc(F)c3)CN2C(=O)C2CC2)ccc1F. The number of aryl methyl sites for hydroxylation is 1. The molecule has 0 spiro atoms. The summed E-state index contributed by atoms with van der Waals surface area (Å²) in [5.74, 6) is -0.893. The molecule has 2 atom stereocenters. The summed E-state index contributed by atoms with van der Waals surface area (Å²) >= 11 is 0. The van der Waals surface area contributed by atoms with Gasteiger partial charge in [-0.05, 0) is 67.5 Å². The smallest absolute Gasteiger partial charge is 0.226 e. The lowest BCUT2D eigenvalue weighted by Gasteiger charge is -2.40. The van der Waals surface area contributed by atoms with Gasteiger partial charge in [-0.1, -0.05) is 24.3 Å². The van der Waals surface area contributed by atoms with Crippen molar-refractivity contribution in [3.63, 3.8) is 0 Å². The van der Waals surface area contributed by atoms with Crippen LogP contribution in [0, 0.1) is 30.4 Å². The number of carbonyl (C=O) groups is 2. The van der Waals surface area contributed by atoms with E-state index in [2.05, 4.69) is 5.32 Å². The Bertz CT molecular complexity index is 958. The van der Waals surface area contributed by atoms with Crippen LogP contribution in [-0.2, 0) is 16.1 Å². The van der Waals surface area contributed by atoms with Gasteiger partial charge in [0, 0.05) is 19.0 Å². The van der Waals surface area contributed by atoms with Crippen molar-refractivity contribution in [3.05, 3.63) is 70.8 Å². The Morgan fingerprint density at radius 3 is 2.50 bits per heavy atom. The average molecular weight is 412 g/mol. The summed E-state index contributed by atoms with van der Waals surface area (Å²) in [4.78, 5) is 27.5. The molecule has 2 aromatic rings. The molecule has 158 valence electrons. The molecule has 2 fully saturated rings. The van der Waals surface area contributed by atoms with Crippen molar-refractivity contribution in [2.24, 2.45) is 11.8 Å². The molecule has 0 radical (unpaired) electrons. The second-order valence-electron chi connectivity index (χ2n) is 8.41. The molecule has 0 bridgehead atoms. The lowest BCUT2D eigenvalue weighted by Crippen LogP contribution is -2.47. The molecular weight excluding hydrogens is 386 g/mol. The number of benzene rings is 2. The first-order valence-corrected chi connectivity index (χ1v) is 10.5. The summed E-state index contributed by atoms with van der Waals surface area (Å²) in [6, 6.07) is 11.0. The summed E-state index contributed by atoms with van der Waals surface area (Å²) in [5, 5.41) is 2.88. The number of rotatable bonds is 5. The molecule has 2 amide bonds. The molecule has 2 aromatic carbocycles. The molecule has 6 heteroatoms. The van der Waals surface area contributed by atoms with Crippen LogP contribution in [0.25, 0.3) is 0 Å². The predicted octanol–water partition coefficient (Wildman–Crippen LogP) is 4.28. The highest BCUT2D eigenvalue weighted by molar-refractivity contribution is 5.84. The van der Waals surface area contributed by atoms with Crippen molar-refractivity contribution < 1.29 is 18.4 Å². The van der Waals surface area contributed by atoms with Gasteiger partial charge >= 0.3 is 0 Å². The summed E-state index contributed by atoms with van der Waals surface area (Å²) in [7, 11) is 0. The third-order valence-electron chi connectivity index (χ3n) is 6.08. The molecule has 1 aliphatic heterocycles. The van der Waals surface area contributed by atoms with Crippen LogP contribution in [0.3, 0.4) is 0 Å². The van der Waals surface area contributed by atoms with E-state index in [0.717, 1.165) is 18.4 Å². The van der Waals surface area contributed by atoms with E-state index in [1.54, 1.807) is 31.2 Å². The van der Waals surface area contributed by atoms with Crippen molar-refractivity contribution in [2.75, 3.05) is 6.54 Å². The fourth-order valence-electron chi connectivity index (χ4n) is 4.20. The number of halogens is 2. The van der Waals surface area contributed by atoms with E-state index in [4.69, 9.17) is 0 Å². The van der Waals surface area contributed by atoms with Crippen LogP contribution in [-0.4, -0.2) is 23.3 Å².